The van der Waals surface area contributed by atoms with Gasteiger partial charge in [0.2, 0.25) is 0 Å². The summed E-state index contributed by atoms with van der Waals surface area (Å²) in [6, 6.07) is 6.65. The van der Waals surface area contributed by atoms with Crippen LogP contribution < -0.4 is 0 Å². The molecule has 80 valence electrons. The van der Waals surface area contributed by atoms with Crippen LogP contribution in [-0.2, 0) is 4.74 Å². The zero-order valence-electron chi connectivity index (χ0n) is 8.66. The average Bonchev–Trinajstić information content (AvgIpc) is 2.18. The summed E-state index contributed by atoms with van der Waals surface area (Å²) in [5.74, 6) is 0.0194. The summed E-state index contributed by atoms with van der Waals surface area (Å²) >= 11 is 5.75. The average molecular weight is 226 g/mol. The highest BCUT2D eigenvalue weighted by Gasteiger charge is 2.05. The molecule has 0 saturated heterocycles. The number of hydrogen-bond acceptors (Lipinski definition) is 2. The monoisotopic (exact) mass is 225 g/mol. The third kappa shape index (κ3) is 3.72. The second kappa shape index (κ2) is 5.51. The van der Waals surface area contributed by atoms with E-state index in [2.05, 4.69) is 4.99 Å². The summed E-state index contributed by atoms with van der Waals surface area (Å²) in [7, 11) is 0. The van der Waals surface area contributed by atoms with Crippen molar-refractivity contribution < 1.29 is 9.53 Å². The summed E-state index contributed by atoms with van der Waals surface area (Å²) in [6.07, 6.45) is 0. The van der Waals surface area contributed by atoms with Gasteiger partial charge in [-0.2, -0.15) is 4.99 Å². The lowest BCUT2D eigenvalue weighted by atomic mass is 10.2. The first-order valence-corrected chi connectivity index (χ1v) is 4.99. The maximum absolute atomic E-state index is 11.6. The smallest absolute Gasteiger partial charge is 0.280 e. The van der Waals surface area contributed by atoms with E-state index in [9.17, 15) is 4.79 Å². The highest BCUT2D eigenvalue weighted by molar-refractivity contribution is 6.31. The summed E-state index contributed by atoms with van der Waals surface area (Å²) in [4.78, 5) is 15.3. The number of rotatable bonds is 2. The van der Waals surface area contributed by atoms with Crippen molar-refractivity contribution in [1.82, 2.24) is 0 Å². The van der Waals surface area contributed by atoms with Gasteiger partial charge in [0.25, 0.3) is 5.91 Å². The molecule has 0 unspecified atom stereocenters. The van der Waals surface area contributed by atoms with Crippen LogP contribution in [0.15, 0.2) is 29.3 Å². The SMILES string of the molecule is CCO/C(C)=N/C(=O)c1cccc(Cl)c1. The number of ether oxygens (including phenoxy) is 1. The van der Waals surface area contributed by atoms with Crippen molar-refractivity contribution in [3.8, 4) is 0 Å². The molecule has 0 heterocycles. The number of amides is 1. The molecule has 0 saturated carbocycles. The minimum Gasteiger partial charge on any atom is -0.481 e. The predicted molar refractivity (Wildman–Crippen MR) is 60.5 cm³/mol. The van der Waals surface area contributed by atoms with E-state index in [0.717, 1.165) is 0 Å². The third-order valence-corrected chi connectivity index (χ3v) is 1.92. The van der Waals surface area contributed by atoms with Gasteiger partial charge in [-0.1, -0.05) is 17.7 Å². The molecule has 0 aliphatic carbocycles. The molecule has 0 radical (unpaired) electrons. The van der Waals surface area contributed by atoms with Crippen LogP contribution in [0.5, 0.6) is 0 Å². The molecule has 0 N–H and O–H groups in total. The number of carbonyl (C=O) groups is 1. The predicted octanol–water partition coefficient (Wildman–Crippen LogP) is 2.94. The van der Waals surface area contributed by atoms with Crippen LogP contribution >= 0.6 is 11.6 Å². The molecule has 0 aliphatic rings. The van der Waals surface area contributed by atoms with Gasteiger partial charge in [0.15, 0.2) is 5.90 Å². The van der Waals surface area contributed by atoms with Crippen molar-refractivity contribution in [3.05, 3.63) is 34.9 Å². The van der Waals surface area contributed by atoms with Crippen LogP contribution in [0.25, 0.3) is 0 Å². The fraction of sp³-hybridized carbons (Fsp3) is 0.273. The molecule has 0 aromatic heterocycles. The van der Waals surface area contributed by atoms with Crippen molar-refractivity contribution >= 4 is 23.4 Å². The first-order valence-electron chi connectivity index (χ1n) is 4.61. The molecule has 0 atom stereocenters. The Bertz CT molecular complexity index is 388. The summed E-state index contributed by atoms with van der Waals surface area (Å²) < 4.78 is 5.06. The lowest BCUT2D eigenvalue weighted by molar-refractivity contribution is 0.0999. The Morgan fingerprint density at radius 1 is 1.53 bits per heavy atom. The van der Waals surface area contributed by atoms with E-state index in [0.29, 0.717) is 23.1 Å². The van der Waals surface area contributed by atoms with Crippen molar-refractivity contribution in [3.63, 3.8) is 0 Å². The number of nitrogens with zero attached hydrogens (tertiary/aromatic N) is 1. The fourth-order valence-electron chi connectivity index (χ4n) is 1.07. The number of hydrogen-bond donors (Lipinski definition) is 0. The quantitative estimate of drug-likeness (QED) is 0.573. The number of benzene rings is 1. The van der Waals surface area contributed by atoms with E-state index in [1.807, 2.05) is 6.92 Å². The van der Waals surface area contributed by atoms with E-state index in [1.165, 1.54) is 0 Å². The van der Waals surface area contributed by atoms with Gasteiger partial charge in [0.1, 0.15) is 0 Å². The van der Waals surface area contributed by atoms with Gasteiger partial charge in [-0.25, -0.2) is 0 Å². The van der Waals surface area contributed by atoms with E-state index in [-0.39, 0.29) is 5.91 Å². The van der Waals surface area contributed by atoms with Crippen molar-refractivity contribution in [2.45, 2.75) is 13.8 Å². The number of halogens is 1. The van der Waals surface area contributed by atoms with Crippen LogP contribution in [0.4, 0.5) is 0 Å². The first-order chi connectivity index (χ1) is 7.13. The Morgan fingerprint density at radius 2 is 2.27 bits per heavy atom. The first kappa shape index (κ1) is 11.7. The second-order valence-electron chi connectivity index (χ2n) is 2.88. The molecule has 15 heavy (non-hydrogen) atoms. The molecular weight excluding hydrogens is 214 g/mol. The van der Waals surface area contributed by atoms with Gasteiger partial charge in [0.05, 0.1) is 6.61 Å². The van der Waals surface area contributed by atoms with Crippen LogP contribution in [0, 0.1) is 0 Å². The molecule has 4 heteroatoms. The lowest BCUT2D eigenvalue weighted by Crippen LogP contribution is -2.04. The van der Waals surface area contributed by atoms with Gasteiger partial charge in [-0.3, -0.25) is 4.79 Å². The molecule has 1 amide bonds. The van der Waals surface area contributed by atoms with Crippen LogP contribution in [0.3, 0.4) is 0 Å². The van der Waals surface area contributed by atoms with Crippen molar-refractivity contribution in [1.29, 1.82) is 0 Å². The standard InChI is InChI=1S/C11H12ClNO2/c1-3-15-8(2)13-11(14)9-5-4-6-10(12)7-9/h4-7H,3H2,1-2H3/b13-8+. The van der Waals surface area contributed by atoms with Gasteiger partial charge in [0, 0.05) is 17.5 Å². The van der Waals surface area contributed by atoms with Gasteiger partial charge < -0.3 is 4.74 Å². The topological polar surface area (TPSA) is 38.7 Å². The van der Waals surface area contributed by atoms with Crippen molar-refractivity contribution in [2.24, 2.45) is 4.99 Å². The van der Waals surface area contributed by atoms with Gasteiger partial charge >= 0.3 is 0 Å². The van der Waals surface area contributed by atoms with E-state index >= 15 is 0 Å². The molecule has 1 rings (SSSR count). The molecule has 3 nitrogen and oxygen atoms in total. The fourth-order valence-corrected chi connectivity index (χ4v) is 1.26. The zero-order valence-corrected chi connectivity index (χ0v) is 9.41. The van der Waals surface area contributed by atoms with Crippen LogP contribution in [-0.4, -0.2) is 18.4 Å². The van der Waals surface area contributed by atoms with Gasteiger partial charge in [-0.15, -0.1) is 0 Å². The largest absolute Gasteiger partial charge is 0.481 e. The van der Waals surface area contributed by atoms with E-state index in [4.69, 9.17) is 16.3 Å². The van der Waals surface area contributed by atoms with Crippen molar-refractivity contribution in [2.75, 3.05) is 6.61 Å². The molecule has 1 aromatic rings. The maximum atomic E-state index is 11.6. The molecular formula is C11H12ClNO2. The van der Waals surface area contributed by atoms with E-state index < -0.39 is 0 Å². The Balaban J connectivity index is 2.81. The summed E-state index contributed by atoms with van der Waals surface area (Å²) in [6.45, 7) is 3.98. The summed E-state index contributed by atoms with van der Waals surface area (Å²) in [5.41, 5.74) is 0.460. The summed E-state index contributed by atoms with van der Waals surface area (Å²) in [5, 5.41) is 0.519. The van der Waals surface area contributed by atoms with Crippen LogP contribution in [0.1, 0.15) is 24.2 Å². The zero-order chi connectivity index (χ0) is 11.3. The molecule has 0 bridgehead atoms. The molecule has 0 fully saturated rings. The maximum Gasteiger partial charge on any atom is 0.280 e. The Labute approximate surface area is 93.7 Å². The lowest BCUT2D eigenvalue weighted by Gasteiger charge is -2.00. The van der Waals surface area contributed by atoms with E-state index in [1.54, 1.807) is 31.2 Å². The minimum atomic E-state index is -0.344. The van der Waals surface area contributed by atoms with Gasteiger partial charge in [-0.05, 0) is 25.1 Å². The highest BCUT2D eigenvalue weighted by Crippen LogP contribution is 2.11. The molecule has 1 aromatic carbocycles. The normalized spacial score (nSPS) is 11.3. The Morgan fingerprint density at radius 3 is 2.87 bits per heavy atom. The second-order valence-corrected chi connectivity index (χ2v) is 3.32. The highest BCUT2D eigenvalue weighted by atomic mass is 35.5. The molecule has 0 spiro atoms. The number of aliphatic imine (C=N–C) groups is 1. The minimum absolute atomic E-state index is 0.344. The molecule has 0 aliphatic heterocycles. The number of carbonyl (C=O) groups excluding carboxylic acids is 1. The Hall–Kier alpha value is -1.35. The van der Waals surface area contributed by atoms with Crippen LogP contribution in [0.2, 0.25) is 5.02 Å². The third-order valence-electron chi connectivity index (χ3n) is 1.68. The Kier molecular flexibility index (Phi) is 4.31.